The van der Waals surface area contributed by atoms with Gasteiger partial charge in [0.2, 0.25) is 0 Å². The van der Waals surface area contributed by atoms with E-state index < -0.39 is 0 Å². The van der Waals surface area contributed by atoms with Gasteiger partial charge in [-0.25, -0.2) is 15.0 Å². The average molecular weight is 644 g/mol. The molecule has 0 radical (unpaired) electrons. The zero-order chi connectivity index (χ0) is 32.6. The van der Waals surface area contributed by atoms with Crippen LogP contribution in [0.5, 0.6) is 0 Å². The summed E-state index contributed by atoms with van der Waals surface area (Å²) in [6.45, 7) is 0. The van der Waals surface area contributed by atoms with Crippen molar-refractivity contribution >= 4 is 31.5 Å². The van der Waals surface area contributed by atoms with Crippen LogP contribution in [0.25, 0.3) is 87.7 Å². The van der Waals surface area contributed by atoms with E-state index in [-0.39, 0.29) is 0 Å². The van der Waals surface area contributed by atoms with Crippen LogP contribution in [0.15, 0.2) is 176 Å². The second-order valence-corrected chi connectivity index (χ2v) is 13.1. The molecular formula is C45H29N3S. The Bertz CT molecular complexity index is 2560. The van der Waals surface area contributed by atoms with Crippen molar-refractivity contribution in [3.8, 4) is 67.5 Å². The van der Waals surface area contributed by atoms with Crippen molar-refractivity contribution in [1.29, 1.82) is 0 Å². The third-order valence-electron chi connectivity index (χ3n) is 8.95. The van der Waals surface area contributed by atoms with Gasteiger partial charge in [-0.1, -0.05) is 164 Å². The lowest BCUT2D eigenvalue weighted by molar-refractivity contribution is 1.08. The van der Waals surface area contributed by atoms with E-state index in [1.165, 1.54) is 32.2 Å². The summed E-state index contributed by atoms with van der Waals surface area (Å²) in [5, 5.41) is 2.43. The van der Waals surface area contributed by atoms with Gasteiger partial charge in [-0.15, -0.1) is 11.3 Å². The molecule has 0 aliphatic heterocycles. The Kier molecular flexibility index (Phi) is 7.34. The summed E-state index contributed by atoms with van der Waals surface area (Å²) in [5.74, 6) is 1.96. The summed E-state index contributed by atoms with van der Waals surface area (Å²) in [6, 6.07) is 61.5. The van der Waals surface area contributed by atoms with Crippen molar-refractivity contribution in [3.05, 3.63) is 176 Å². The number of fused-ring (bicyclic) bond motifs is 3. The number of aromatic nitrogens is 3. The lowest BCUT2D eigenvalue weighted by Gasteiger charge is -2.11. The molecule has 0 bridgehead atoms. The number of benzene rings is 7. The van der Waals surface area contributed by atoms with Crippen molar-refractivity contribution in [2.45, 2.75) is 0 Å². The second kappa shape index (κ2) is 12.4. The lowest BCUT2D eigenvalue weighted by Crippen LogP contribution is -2.00. The molecule has 0 fully saturated rings. The maximum Gasteiger partial charge on any atom is 0.165 e. The average Bonchev–Trinajstić information content (AvgIpc) is 3.58. The summed E-state index contributed by atoms with van der Waals surface area (Å²) in [4.78, 5) is 15.4. The fraction of sp³-hybridized carbons (Fsp3) is 0. The minimum atomic E-state index is 0.646. The molecule has 230 valence electrons. The van der Waals surface area contributed by atoms with Crippen molar-refractivity contribution in [1.82, 2.24) is 15.0 Å². The molecule has 9 aromatic rings. The molecule has 0 N–H and O–H groups in total. The zero-order valence-corrected chi connectivity index (χ0v) is 27.3. The molecular weight excluding hydrogens is 615 g/mol. The second-order valence-electron chi connectivity index (χ2n) is 12.0. The maximum absolute atomic E-state index is 5.22. The lowest BCUT2D eigenvalue weighted by atomic mass is 9.97. The molecule has 0 saturated heterocycles. The van der Waals surface area contributed by atoms with E-state index in [1.54, 1.807) is 0 Å². The number of hydrogen-bond donors (Lipinski definition) is 0. The molecule has 0 spiro atoms. The van der Waals surface area contributed by atoms with Gasteiger partial charge < -0.3 is 0 Å². The van der Waals surface area contributed by atoms with Gasteiger partial charge in [0, 0.05) is 36.9 Å². The molecule has 49 heavy (non-hydrogen) atoms. The molecule has 3 nitrogen and oxygen atoms in total. The van der Waals surface area contributed by atoms with Crippen molar-refractivity contribution in [3.63, 3.8) is 0 Å². The first-order valence-electron chi connectivity index (χ1n) is 16.4. The van der Waals surface area contributed by atoms with E-state index in [0.29, 0.717) is 17.5 Å². The van der Waals surface area contributed by atoms with E-state index in [2.05, 4.69) is 152 Å². The van der Waals surface area contributed by atoms with Crippen LogP contribution in [-0.4, -0.2) is 15.0 Å². The Labute approximate surface area is 288 Å². The minimum Gasteiger partial charge on any atom is -0.208 e. The molecule has 7 aromatic carbocycles. The highest BCUT2D eigenvalue weighted by Gasteiger charge is 2.20. The number of nitrogens with zero attached hydrogens (tertiary/aromatic N) is 3. The number of thiophene rings is 1. The smallest absolute Gasteiger partial charge is 0.165 e. The monoisotopic (exact) mass is 643 g/mol. The highest BCUT2D eigenvalue weighted by atomic mass is 32.1. The highest BCUT2D eigenvalue weighted by Crippen LogP contribution is 2.45. The van der Waals surface area contributed by atoms with Crippen LogP contribution >= 0.6 is 11.3 Å². The molecule has 0 amide bonds. The van der Waals surface area contributed by atoms with Crippen LogP contribution in [0.2, 0.25) is 0 Å². The first kappa shape index (κ1) is 29.0. The molecule has 0 unspecified atom stereocenters. The SMILES string of the molecule is c1ccc(-c2ccc(-c3nc(-c4ccccc4)nc(-c4cc(-c5ccccc5)cc5c4sc4c(-c6ccccc6)cccc45)n3)cc2)cc1. The van der Waals surface area contributed by atoms with Crippen LogP contribution in [0, 0.1) is 0 Å². The fourth-order valence-electron chi connectivity index (χ4n) is 6.49. The Morgan fingerprint density at radius 3 is 1.35 bits per heavy atom. The number of rotatable bonds is 6. The van der Waals surface area contributed by atoms with Crippen molar-refractivity contribution < 1.29 is 0 Å². The van der Waals surface area contributed by atoms with Crippen LogP contribution in [-0.2, 0) is 0 Å². The molecule has 2 heterocycles. The van der Waals surface area contributed by atoms with E-state index >= 15 is 0 Å². The van der Waals surface area contributed by atoms with Gasteiger partial charge >= 0.3 is 0 Å². The first-order valence-corrected chi connectivity index (χ1v) is 17.2. The summed E-state index contributed by atoms with van der Waals surface area (Å²) in [7, 11) is 0. The molecule has 0 saturated carbocycles. The predicted octanol–water partition coefficient (Wildman–Crippen LogP) is 12.2. The largest absolute Gasteiger partial charge is 0.208 e. The topological polar surface area (TPSA) is 38.7 Å². The normalized spacial score (nSPS) is 11.3. The Morgan fingerprint density at radius 2 is 0.735 bits per heavy atom. The van der Waals surface area contributed by atoms with Gasteiger partial charge in [-0.05, 0) is 45.5 Å². The highest BCUT2D eigenvalue weighted by molar-refractivity contribution is 7.26. The Morgan fingerprint density at radius 1 is 0.286 bits per heavy atom. The molecule has 9 rings (SSSR count). The van der Waals surface area contributed by atoms with Crippen molar-refractivity contribution in [2.75, 3.05) is 0 Å². The summed E-state index contributed by atoms with van der Waals surface area (Å²) >= 11 is 1.81. The van der Waals surface area contributed by atoms with Crippen LogP contribution in [0.1, 0.15) is 0 Å². The van der Waals surface area contributed by atoms with Crippen LogP contribution < -0.4 is 0 Å². The maximum atomic E-state index is 5.22. The minimum absolute atomic E-state index is 0.646. The van der Waals surface area contributed by atoms with Gasteiger partial charge in [0.25, 0.3) is 0 Å². The quantitative estimate of drug-likeness (QED) is 0.181. The van der Waals surface area contributed by atoms with Gasteiger partial charge in [0.05, 0.1) is 0 Å². The number of hydrogen-bond acceptors (Lipinski definition) is 4. The third-order valence-corrected chi connectivity index (χ3v) is 10.2. The summed E-state index contributed by atoms with van der Waals surface area (Å²) < 4.78 is 2.41. The van der Waals surface area contributed by atoms with Crippen LogP contribution in [0.4, 0.5) is 0 Å². The molecule has 2 aromatic heterocycles. The predicted molar refractivity (Wildman–Crippen MR) is 205 cm³/mol. The van der Waals surface area contributed by atoms with E-state index in [1.807, 2.05) is 35.6 Å². The van der Waals surface area contributed by atoms with Crippen LogP contribution in [0.3, 0.4) is 0 Å². The fourth-order valence-corrected chi connectivity index (χ4v) is 7.82. The third kappa shape index (κ3) is 5.48. The van der Waals surface area contributed by atoms with Gasteiger partial charge in [-0.3, -0.25) is 0 Å². The molecule has 0 atom stereocenters. The van der Waals surface area contributed by atoms with Crippen molar-refractivity contribution in [2.24, 2.45) is 0 Å². The molecule has 0 aliphatic carbocycles. The molecule has 4 heteroatoms. The Hall–Kier alpha value is -6.23. The van der Waals surface area contributed by atoms with E-state index in [0.717, 1.165) is 38.1 Å². The standard InChI is InChI=1S/C45H29N3S/c1-5-14-30(15-6-1)32-24-26-35(27-25-32)44-46-43(34-20-11-4-12-21-34)47-45(48-44)40-29-36(31-16-7-2-8-17-31)28-39-38-23-13-22-37(41(38)49-42(39)40)33-18-9-3-10-19-33/h1-29H. The summed E-state index contributed by atoms with van der Waals surface area (Å²) in [6.07, 6.45) is 0. The summed E-state index contributed by atoms with van der Waals surface area (Å²) in [5.41, 5.74) is 9.93. The molecule has 0 aliphatic rings. The van der Waals surface area contributed by atoms with E-state index in [4.69, 9.17) is 15.0 Å². The zero-order valence-electron chi connectivity index (χ0n) is 26.5. The van der Waals surface area contributed by atoms with Gasteiger partial charge in [0.1, 0.15) is 0 Å². The van der Waals surface area contributed by atoms with Gasteiger partial charge in [0.15, 0.2) is 17.5 Å². The van der Waals surface area contributed by atoms with Gasteiger partial charge in [-0.2, -0.15) is 0 Å². The Balaban J connectivity index is 1.29. The van der Waals surface area contributed by atoms with E-state index in [9.17, 15) is 0 Å². The first-order chi connectivity index (χ1) is 24.3.